The molecule has 0 saturated carbocycles. The monoisotopic (exact) mass is 423 g/mol. The number of hydrogen-bond acceptors (Lipinski definition) is 5. The second-order valence-electron chi connectivity index (χ2n) is 7.62. The Kier molecular flexibility index (Phi) is 8.08. The molecule has 1 heterocycles. The Morgan fingerprint density at radius 3 is 2.53 bits per heavy atom. The molecule has 1 aliphatic rings. The molecule has 1 N–H and O–H groups in total. The summed E-state index contributed by atoms with van der Waals surface area (Å²) in [5.41, 5.74) is 3.38. The minimum Gasteiger partial charge on any atom is -0.494 e. The lowest BCUT2D eigenvalue weighted by atomic mass is 10.0. The fourth-order valence-electron chi connectivity index (χ4n) is 2.97. The second-order valence-corrected chi connectivity index (χ2v) is 8.81. The third-order valence-corrected chi connectivity index (χ3v) is 5.92. The molecule has 1 fully saturated rings. The number of amides is 1. The molecule has 1 aliphatic heterocycles. The van der Waals surface area contributed by atoms with Crippen LogP contribution in [0.15, 0.2) is 58.7 Å². The van der Waals surface area contributed by atoms with Gasteiger partial charge in [-0.25, -0.2) is 0 Å². The van der Waals surface area contributed by atoms with Crippen molar-refractivity contribution in [2.75, 3.05) is 6.61 Å². The van der Waals surface area contributed by atoms with Crippen LogP contribution >= 0.6 is 11.8 Å². The maximum Gasteiger partial charge on any atom is 0.239 e. The van der Waals surface area contributed by atoms with Crippen LogP contribution in [0.4, 0.5) is 0 Å². The first kappa shape index (κ1) is 22.1. The van der Waals surface area contributed by atoms with E-state index in [0.29, 0.717) is 17.5 Å². The number of amidine groups is 1. The molecule has 6 heteroatoms. The average molecular weight is 424 g/mol. The molecular weight excluding hydrogens is 394 g/mol. The normalized spacial score (nSPS) is 17.8. The average Bonchev–Trinajstić information content (AvgIpc) is 3.09. The van der Waals surface area contributed by atoms with Crippen LogP contribution in [0.1, 0.15) is 56.2 Å². The van der Waals surface area contributed by atoms with Crippen LogP contribution in [0.5, 0.6) is 5.75 Å². The highest BCUT2D eigenvalue weighted by atomic mass is 32.2. The summed E-state index contributed by atoms with van der Waals surface area (Å²) in [5, 5.41) is 11.5. The number of hydrogen-bond donors (Lipinski definition) is 1. The van der Waals surface area contributed by atoms with Crippen molar-refractivity contribution < 1.29 is 9.53 Å². The molecule has 0 spiro atoms. The maximum absolute atomic E-state index is 12.3. The summed E-state index contributed by atoms with van der Waals surface area (Å²) in [6, 6.07) is 16.2. The highest BCUT2D eigenvalue weighted by Crippen LogP contribution is 2.24. The predicted octanol–water partition coefficient (Wildman–Crippen LogP) is 5.15. The van der Waals surface area contributed by atoms with Gasteiger partial charge in [0.05, 0.1) is 18.1 Å². The van der Waals surface area contributed by atoms with E-state index in [9.17, 15) is 4.79 Å². The van der Waals surface area contributed by atoms with Crippen molar-refractivity contribution in [1.29, 1.82) is 0 Å². The number of nitrogens with one attached hydrogen (secondary N) is 1. The van der Waals surface area contributed by atoms with Gasteiger partial charge in [-0.15, -0.1) is 5.10 Å². The zero-order chi connectivity index (χ0) is 21.3. The van der Waals surface area contributed by atoms with Crippen molar-refractivity contribution in [3.8, 4) is 5.75 Å². The number of nitrogens with zero attached hydrogens (tertiary/aromatic N) is 2. The minimum atomic E-state index is -0.177. The molecular formula is C24H29N3O2S. The van der Waals surface area contributed by atoms with E-state index in [1.165, 1.54) is 17.3 Å². The zero-order valence-electron chi connectivity index (χ0n) is 17.8. The van der Waals surface area contributed by atoms with E-state index in [1.807, 2.05) is 24.3 Å². The summed E-state index contributed by atoms with van der Waals surface area (Å²) in [4.78, 5) is 12.3. The van der Waals surface area contributed by atoms with Gasteiger partial charge < -0.3 is 10.1 Å². The first-order valence-corrected chi connectivity index (χ1v) is 11.3. The van der Waals surface area contributed by atoms with Crippen LogP contribution in [0.2, 0.25) is 0 Å². The van der Waals surface area contributed by atoms with Gasteiger partial charge in [-0.1, -0.05) is 63.2 Å². The Balaban J connectivity index is 1.52. The molecule has 0 radical (unpaired) electrons. The van der Waals surface area contributed by atoms with Crippen LogP contribution in [0, 0.1) is 0 Å². The second kappa shape index (κ2) is 11.0. The number of thioether (sulfide) groups is 1. The van der Waals surface area contributed by atoms with Crippen LogP contribution in [-0.4, -0.2) is 29.1 Å². The zero-order valence-corrected chi connectivity index (χ0v) is 18.6. The molecule has 1 unspecified atom stereocenters. The number of rotatable bonds is 9. The Labute approximate surface area is 183 Å². The molecule has 1 amide bonds. The number of carbonyl (C=O) groups is 1. The smallest absolute Gasteiger partial charge is 0.239 e. The fraction of sp³-hybridized carbons (Fsp3) is 0.375. The third kappa shape index (κ3) is 6.46. The first-order chi connectivity index (χ1) is 14.5. The Morgan fingerprint density at radius 1 is 1.13 bits per heavy atom. The summed E-state index contributed by atoms with van der Waals surface area (Å²) in [6.45, 7) is 7.22. The number of carbonyl (C=O) groups excluding carboxylic acids is 1. The van der Waals surface area contributed by atoms with E-state index in [4.69, 9.17) is 4.74 Å². The predicted molar refractivity (Wildman–Crippen MR) is 126 cm³/mol. The first-order valence-electron chi connectivity index (χ1n) is 10.5. The topological polar surface area (TPSA) is 63.1 Å². The summed E-state index contributed by atoms with van der Waals surface area (Å²) in [6.07, 6.45) is 4.52. The van der Waals surface area contributed by atoms with Gasteiger partial charge in [0, 0.05) is 0 Å². The van der Waals surface area contributed by atoms with Crippen molar-refractivity contribution in [2.24, 2.45) is 10.2 Å². The molecule has 2 aromatic carbocycles. The standard InChI is InChI=1S/C24H29N3O2S/c1-4-5-14-29-21-12-8-19(9-13-21)16-25-27-24-26-23(28)22(30-24)15-18-6-10-20(11-7-18)17(2)3/h6-13,16-17,22H,4-5,14-15H2,1-3H3,(H,26,27,28)/b25-16+. The van der Waals surface area contributed by atoms with Gasteiger partial charge in [-0.3, -0.25) is 4.79 Å². The number of unbranched alkanes of at least 4 members (excludes halogenated alkanes) is 1. The Hall–Kier alpha value is -2.60. The maximum atomic E-state index is 12.3. The molecule has 2 aromatic rings. The molecule has 5 nitrogen and oxygen atoms in total. The third-order valence-electron chi connectivity index (χ3n) is 4.85. The van der Waals surface area contributed by atoms with Gasteiger partial charge in [0.2, 0.25) is 5.91 Å². The number of benzene rings is 2. The van der Waals surface area contributed by atoms with Crippen LogP contribution < -0.4 is 10.1 Å². The lowest BCUT2D eigenvalue weighted by molar-refractivity contribution is -0.118. The molecule has 1 saturated heterocycles. The van der Waals surface area contributed by atoms with Gasteiger partial charge in [0.1, 0.15) is 5.75 Å². The highest BCUT2D eigenvalue weighted by Gasteiger charge is 2.30. The quantitative estimate of drug-likeness (QED) is 0.344. The molecule has 0 aromatic heterocycles. The van der Waals surface area contributed by atoms with Crippen molar-refractivity contribution in [2.45, 2.75) is 51.2 Å². The van der Waals surface area contributed by atoms with E-state index in [2.05, 4.69) is 60.6 Å². The summed E-state index contributed by atoms with van der Waals surface area (Å²) >= 11 is 1.43. The van der Waals surface area contributed by atoms with Crippen LogP contribution in [0.3, 0.4) is 0 Å². The molecule has 158 valence electrons. The van der Waals surface area contributed by atoms with E-state index < -0.39 is 0 Å². The van der Waals surface area contributed by atoms with E-state index in [-0.39, 0.29) is 11.2 Å². The van der Waals surface area contributed by atoms with E-state index in [1.54, 1.807) is 6.21 Å². The molecule has 30 heavy (non-hydrogen) atoms. The van der Waals surface area contributed by atoms with Gasteiger partial charge in [0.25, 0.3) is 0 Å². The SMILES string of the molecule is CCCCOc1ccc(/C=N/N=C2\NC(=O)C(Cc3ccc(C(C)C)cc3)S2)cc1. The minimum absolute atomic E-state index is 0.0181. The summed E-state index contributed by atoms with van der Waals surface area (Å²) < 4.78 is 5.65. The molecule has 0 bridgehead atoms. The van der Waals surface area contributed by atoms with Crippen molar-refractivity contribution in [3.63, 3.8) is 0 Å². The molecule has 3 rings (SSSR count). The molecule has 1 atom stereocenters. The molecule has 0 aliphatic carbocycles. The van der Waals surface area contributed by atoms with Crippen LogP contribution in [-0.2, 0) is 11.2 Å². The summed E-state index contributed by atoms with van der Waals surface area (Å²) in [7, 11) is 0. The highest BCUT2D eigenvalue weighted by molar-refractivity contribution is 8.15. The largest absolute Gasteiger partial charge is 0.494 e. The fourth-order valence-corrected chi connectivity index (χ4v) is 3.94. The van der Waals surface area contributed by atoms with Crippen molar-refractivity contribution in [1.82, 2.24) is 5.32 Å². The number of ether oxygens (including phenoxy) is 1. The Bertz CT molecular complexity index is 890. The van der Waals surface area contributed by atoms with E-state index >= 15 is 0 Å². The van der Waals surface area contributed by atoms with Gasteiger partial charge in [0.15, 0.2) is 5.17 Å². The lowest BCUT2D eigenvalue weighted by Gasteiger charge is -2.08. The summed E-state index contributed by atoms with van der Waals surface area (Å²) in [5.74, 6) is 1.34. The van der Waals surface area contributed by atoms with Gasteiger partial charge in [-0.05, 0) is 59.7 Å². The lowest BCUT2D eigenvalue weighted by Crippen LogP contribution is -2.25. The van der Waals surface area contributed by atoms with Gasteiger partial charge in [-0.2, -0.15) is 5.10 Å². The van der Waals surface area contributed by atoms with Crippen LogP contribution in [0.25, 0.3) is 0 Å². The van der Waals surface area contributed by atoms with Crippen molar-refractivity contribution >= 4 is 29.1 Å². The van der Waals surface area contributed by atoms with Crippen molar-refractivity contribution in [3.05, 3.63) is 65.2 Å². The van der Waals surface area contributed by atoms with E-state index in [0.717, 1.165) is 36.3 Å². The Morgan fingerprint density at radius 2 is 1.87 bits per heavy atom. The van der Waals surface area contributed by atoms with Gasteiger partial charge >= 0.3 is 0 Å².